The normalized spacial score (nSPS) is 19.6. The summed E-state index contributed by atoms with van der Waals surface area (Å²) < 4.78 is 5.29. The van der Waals surface area contributed by atoms with Crippen LogP contribution in [0.3, 0.4) is 0 Å². The van der Waals surface area contributed by atoms with Crippen LogP contribution in [0.25, 0.3) is 10.7 Å². The molecular formula is C26H29N7OS. The smallest absolute Gasteiger partial charge is 0.186 e. The van der Waals surface area contributed by atoms with E-state index in [1.807, 2.05) is 38.2 Å². The van der Waals surface area contributed by atoms with Crippen LogP contribution in [0.15, 0.2) is 42.6 Å². The summed E-state index contributed by atoms with van der Waals surface area (Å²) >= 11 is 1.69. The maximum absolute atomic E-state index is 5.29. The van der Waals surface area contributed by atoms with Gasteiger partial charge in [0.2, 0.25) is 0 Å². The Hall–Kier alpha value is -3.30. The van der Waals surface area contributed by atoms with Gasteiger partial charge in [0.25, 0.3) is 0 Å². The van der Waals surface area contributed by atoms with Gasteiger partial charge in [-0.1, -0.05) is 23.5 Å². The summed E-state index contributed by atoms with van der Waals surface area (Å²) in [5, 5.41) is 8.41. The zero-order valence-corrected chi connectivity index (χ0v) is 21.0. The molecule has 4 aromatic rings. The first-order valence-corrected chi connectivity index (χ1v) is 12.8. The van der Waals surface area contributed by atoms with Crippen LogP contribution in [0, 0.1) is 13.8 Å². The molecule has 0 radical (unpaired) electrons. The topological polar surface area (TPSA) is 83.1 Å². The van der Waals surface area contributed by atoms with Crippen molar-refractivity contribution in [2.75, 3.05) is 25.1 Å². The second kappa shape index (κ2) is 9.05. The molecule has 0 aliphatic carbocycles. The molecular weight excluding hydrogens is 458 g/mol. The molecule has 6 heterocycles. The number of nitrogens with zero attached hydrogens (tertiary/aromatic N) is 6. The molecule has 3 aliphatic rings. The molecule has 3 saturated heterocycles. The second-order valence-electron chi connectivity index (χ2n) is 9.52. The lowest BCUT2D eigenvalue weighted by molar-refractivity contribution is -0.00844. The maximum Gasteiger partial charge on any atom is 0.186 e. The predicted octanol–water partition coefficient (Wildman–Crippen LogP) is 4.00. The maximum atomic E-state index is 5.29. The van der Waals surface area contributed by atoms with E-state index < -0.39 is 0 Å². The van der Waals surface area contributed by atoms with Gasteiger partial charge < -0.3 is 9.64 Å². The molecule has 3 aliphatic heterocycles. The van der Waals surface area contributed by atoms with Crippen molar-refractivity contribution in [2.24, 2.45) is 0 Å². The average Bonchev–Trinajstić information content (AvgIpc) is 3.52. The number of hydrogen-bond acceptors (Lipinski definition) is 8. The Morgan fingerprint density at radius 3 is 2.57 bits per heavy atom. The zero-order chi connectivity index (χ0) is 23.9. The molecule has 0 amide bonds. The van der Waals surface area contributed by atoms with Crippen molar-refractivity contribution in [1.29, 1.82) is 0 Å². The van der Waals surface area contributed by atoms with Crippen molar-refractivity contribution in [2.45, 2.75) is 45.3 Å². The minimum atomic E-state index is 0.572. The van der Waals surface area contributed by atoms with Gasteiger partial charge in [-0.15, -0.1) is 0 Å². The Morgan fingerprint density at radius 2 is 1.86 bits per heavy atom. The van der Waals surface area contributed by atoms with Crippen LogP contribution in [0.2, 0.25) is 0 Å². The van der Waals surface area contributed by atoms with E-state index in [1.165, 1.54) is 12.0 Å². The van der Waals surface area contributed by atoms with Gasteiger partial charge in [0.05, 0.1) is 29.6 Å². The molecule has 3 fully saturated rings. The lowest BCUT2D eigenvalue weighted by atomic mass is 9.87. The number of rotatable bonds is 7. The molecule has 7 rings (SSSR count). The number of benzene rings is 1. The van der Waals surface area contributed by atoms with Crippen molar-refractivity contribution >= 4 is 16.5 Å². The van der Waals surface area contributed by atoms with Crippen molar-refractivity contribution < 1.29 is 4.74 Å². The molecule has 0 spiro atoms. The molecule has 1 aromatic carbocycles. The van der Waals surface area contributed by atoms with Crippen LogP contribution in [0.5, 0.6) is 5.75 Å². The molecule has 0 saturated carbocycles. The number of ether oxygens (including phenoxy) is 1. The highest BCUT2D eigenvalue weighted by Gasteiger charge is 2.45. The molecule has 2 unspecified atom stereocenters. The van der Waals surface area contributed by atoms with E-state index in [2.05, 4.69) is 38.2 Å². The number of thiazole rings is 1. The summed E-state index contributed by atoms with van der Waals surface area (Å²) in [6, 6.07) is 13.7. The fourth-order valence-electron chi connectivity index (χ4n) is 5.14. The molecule has 3 aromatic heterocycles. The first-order valence-electron chi connectivity index (χ1n) is 12.0. The Balaban J connectivity index is 1.13. The van der Waals surface area contributed by atoms with E-state index in [1.54, 1.807) is 18.4 Å². The standard InChI is InChI=1S/C26H29N7OS/c1-16-8-19(10-20-9-17(2)30-31-20)29-25(28-16)24-12-27-26(35-24)32-14-21-11-22(15-32)33(21)13-18-4-6-23(34-3)7-5-18/h4-9,12,21-22H,10-11,13-15H2,1-3H3,(H,30,31). The number of aromatic amines is 1. The third-order valence-electron chi connectivity index (χ3n) is 6.88. The number of aromatic nitrogens is 5. The summed E-state index contributed by atoms with van der Waals surface area (Å²) in [5.41, 5.74) is 5.31. The highest BCUT2D eigenvalue weighted by Crippen LogP contribution is 2.38. The highest BCUT2D eigenvalue weighted by atomic mass is 32.1. The van der Waals surface area contributed by atoms with Crippen LogP contribution in [-0.4, -0.2) is 62.3 Å². The van der Waals surface area contributed by atoms with Gasteiger partial charge >= 0.3 is 0 Å². The number of aryl methyl sites for hydroxylation is 2. The van der Waals surface area contributed by atoms with Gasteiger partial charge in [-0.05, 0) is 50.1 Å². The summed E-state index contributed by atoms with van der Waals surface area (Å²) in [6.07, 6.45) is 3.88. The molecule has 1 N–H and O–H groups in total. The van der Waals surface area contributed by atoms with Gasteiger partial charge in [0.1, 0.15) is 5.75 Å². The SMILES string of the molecule is COc1ccc(CN2C3CC2CN(c2ncc(-c4nc(C)cc(Cc5cc(C)[nH]n5)n4)s2)C3)cc1. The summed E-state index contributed by atoms with van der Waals surface area (Å²) in [5.74, 6) is 1.66. The lowest BCUT2D eigenvalue weighted by Crippen LogP contribution is -2.68. The number of hydrogen-bond donors (Lipinski definition) is 1. The van der Waals surface area contributed by atoms with Gasteiger partial charge in [-0.3, -0.25) is 10.00 Å². The minimum absolute atomic E-state index is 0.572. The fourth-order valence-corrected chi connectivity index (χ4v) is 6.01. The van der Waals surface area contributed by atoms with Crippen LogP contribution in [0.1, 0.15) is 34.8 Å². The van der Waals surface area contributed by atoms with Gasteiger partial charge in [-0.2, -0.15) is 5.10 Å². The first kappa shape index (κ1) is 22.2. The number of H-pyrrole nitrogens is 1. The van der Waals surface area contributed by atoms with Crippen LogP contribution in [0.4, 0.5) is 5.13 Å². The van der Waals surface area contributed by atoms with Crippen molar-refractivity contribution in [3.05, 3.63) is 70.9 Å². The molecule has 8 nitrogen and oxygen atoms in total. The van der Waals surface area contributed by atoms with E-state index in [0.717, 1.165) is 64.0 Å². The van der Waals surface area contributed by atoms with E-state index in [-0.39, 0.29) is 0 Å². The number of piperidine rings is 1. The Bertz CT molecular complexity index is 1320. The van der Waals surface area contributed by atoms with Gasteiger partial charge in [-0.25, -0.2) is 15.0 Å². The van der Waals surface area contributed by atoms with Gasteiger partial charge in [0.15, 0.2) is 11.0 Å². The van der Waals surface area contributed by atoms with Crippen LogP contribution in [-0.2, 0) is 13.0 Å². The largest absolute Gasteiger partial charge is 0.497 e. The van der Waals surface area contributed by atoms with E-state index in [4.69, 9.17) is 19.7 Å². The quantitative estimate of drug-likeness (QED) is 0.422. The predicted molar refractivity (Wildman–Crippen MR) is 137 cm³/mol. The highest BCUT2D eigenvalue weighted by molar-refractivity contribution is 7.18. The Kier molecular flexibility index (Phi) is 5.74. The summed E-state index contributed by atoms with van der Waals surface area (Å²) in [4.78, 5) is 20.4. The monoisotopic (exact) mass is 487 g/mol. The lowest BCUT2D eigenvalue weighted by Gasteiger charge is -2.56. The Morgan fingerprint density at radius 1 is 1.06 bits per heavy atom. The van der Waals surface area contributed by atoms with Crippen LogP contribution < -0.4 is 9.64 Å². The third-order valence-corrected chi connectivity index (χ3v) is 7.94. The molecule has 2 atom stereocenters. The summed E-state index contributed by atoms with van der Waals surface area (Å²) in [6.45, 7) is 7.04. The number of fused-ring (bicyclic) bond motifs is 2. The average molecular weight is 488 g/mol. The second-order valence-corrected chi connectivity index (χ2v) is 10.5. The molecule has 2 bridgehead atoms. The first-order chi connectivity index (χ1) is 17.0. The number of methoxy groups -OCH3 is 1. The van der Waals surface area contributed by atoms with Crippen molar-refractivity contribution in [1.82, 2.24) is 30.0 Å². The van der Waals surface area contributed by atoms with Crippen molar-refractivity contribution in [3.8, 4) is 16.5 Å². The number of anilines is 1. The van der Waals surface area contributed by atoms with E-state index >= 15 is 0 Å². The number of nitrogens with one attached hydrogen (secondary N) is 1. The number of piperazine rings is 1. The van der Waals surface area contributed by atoms with Crippen LogP contribution >= 0.6 is 11.3 Å². The van der Waals surface area contributed by atoms with E-state index in [9.17, 15) is 0 Å². The minimum Gasteiger partial charge on any atom is -0.497 e. The third kappa shape index (κ3) is 4.53. The van der Waals surface area contributed by atoms with Crippen molar-refractivity contribution in [3.63, 3.8) is 0 Å². The fraction of sp³-hybridized carbons (Fsp3) is 0.385. The molecule has 9 heteroatoms. The molecule has 35 heavy (non-hydrogen) atoms. The van der Waals surface area contributed by atoms with E-state index in [0.29, 0.717) is 18.5 Å². The Labute approximate surface area is 209 Å². The summed E-state index contributed by atoms with van der Waals surface area (Å²) in [7, 11) is 1.71. The molecule has 180 valence electrons. The van der Waals surface area contributed by atoms with Gasteiger partial charge in [0, 0.05) is 49.5 Å². The zero-order valence-electron chi connectivity index (χ0n) is 20.2.